The predicted molar refractivity (Wildman–Crippen MR) is 90.5 cm³/mol. The minimum absolute atomic E-state index is 0.161. The van der Waals surface area contributed by atoms with Crippen molar-refractivity contribution in [2.24, 2.45) is 0 Å². The number of anilines is 1. The van der Waals surface area contributed by atoms with Gasteiger partial charge >= 0.3 is 0 Å². The van der Waals surface area contributed by atoms with E-state index in [1.807, 2.05) is 10.7 Å². The van der Waals surface area contributed by atoms with Gasteiger partial charge in [0.1, 0.15) is 0 Å². The van der Waals surface area contributed by atoms with Gasteiger partial charge in [-0.05, 0) is 39.7 Å². The number of rotatable bonds is 4. The molecule has 0 unspecified atom stereocenters. The fourth-order valence-corrected chi connectivity index (χ4v) is 2.56. The van der Waals surface area contributed by atoms with Crippen molar-refractivity contribution in [1.29, 1.82) is 0 Å². The number of aromatic nitrogens is 4. The summed E-state index contributed by atoms with van der Waals surface area (Å²) >= 11 is 0. The lowest BCUT2D eigenvalue weighted by Gasteiger charge is -2.22. The van der Waals surface area contributed by atoms with E-state index in [1.54, 1.807) is 14.2 Å². The van der Waals surface area contributed by atoms with Gasteiger partial charge in [0, 0.05) is 18.7 Å². The summed E-state index contributed by atoms with van der Waals surface area (Å²) in [6, 6.07) is 1.91. The third kappa shape index (κ3) is 3.11. The zero-order chi connectivity index (χ0) is 17.5. The Kier molecular flexibility index (Phi) is 4.03. The van der Waals surface area contributed by atoms with Crippen LogP contribution in [0.4, 0.5) is 5.95 Å². The molecule has 0 N–H and O–H groups in total. The predicted octanol–water partition coefficient (Wildman–Crippen LogP) is 2.59. The number of amides is 1. The Balaban J connectivity index is 1.88. The third-order valence-corrected chi connectivity index (χ3v) is 4.04. The third-order valence-electron chi connectivity index (χ3n) is 4.04. The fraction of sp³-hybridized carbons (Fsp3) is 0.529. The van der Waals surface area contributed by atoms with Crippen LogP contribution in [0.15, 0.2) is 18.5 Å². The molecule has 0 aromatic carbocycles. The summed E-state index contributed by atoms with van der Waals surface area (Å²) < 4.78 is 7.01. The number of methoxy groups -OCH3 is 1. The second-order valence-electron chi connectivity index (χ2n) is 7.10. The Morgan fingerprint density at radius 3 is 2.42 bits per heavy atom. The Morgan fingerprint density at radius 1 is 1.29 bits per heavy atom. The first kappa shape index (κ1) is 16.4. The number of carbonyl (C=O) groups is 1. The highest BCUT2D eigenvalue weighted by Crippen LogP contribution is 2.41. The molecule has 0 spiro atoms. The Hall–Kier alpha value is -2.44. The first-order chi connectivity index (χ1) is 11.3. The van der Waals surface area contributed by atoms with Crippen LogP contribution in [0.25, 0.3) is 0 Å². The summed E-state index contributed by atoms with van der Waals surface area (Å²) in [4.78, 5) is 22.5. The molecule has 7 heteroatoms. The van der Waals surface area contributed by atoms with E-state index in [0.717, 1.165) is 18.5 Å². The van der Waals surface area contributed by atoms with Crippen LogP contribution >= 0.6 is 0 Å². The summed E-state index contributed by atoms with van der Waals surface area (Å²) in [5.74, 6) is 1.16. The van der Waals surface area contributed by atoms with Gasteiger partial charge in [0.15, 0.2) is 11.4 Å². The van der Waals surface area contributed by atoms with Crippen molar-refractivity contribution in [2.75, 3.05) is 19.1 Å². The molecule has 0 atom stereocenters. The van der Waals surface area contributed by atoms with Gasteiger partial charge in [-0.1, -0.05) is 0 Å². The maximum absolute atomic E-state index is 12.8. The SMILES string of the molecule is COc1cnc(N(C)C(=O)c2cc(C3CC3)n(C(C)(C)C)n2)nc1. The molecule has 2 aromatic rings. The highest BCUT2D eigenvalue weighted by atomic mass is 16.5. The fourth-order valence-electron chi connectivity index (χ4n) is 2.56. The molecule has 1 fully saturated rings. The van der Waals surface area contributed by atoms with E-state index < -0.39 is 0 Å². The van der Waals surface area contributed by atoms with E-state index in [0.29, 0.717) is 23.3 Å². The molecule has 0 aliphatic heterocycles. The van der Waals surface area contributed by atoms with Gasteiger partial charge in [0.05, 0.1) is 25.0 Å². The molecule has 0 radical (unpaired) electrons. The Morgan fingerprint density at radius 2 is 1.92 bits per heavy atom. The van der Waals surface area contributed by atoms with Crippen molar-refractivity contribution in [3.8, 4) is 5.75 Å². The minimum atomic E-state index is -0.218. The highest BCUT2D eigenvalue weighted by Gasteiger charge is 2.33. The number of hydrogen-bond acceptors (Lipinski definition) is 5. The Bertz CT molecular complexity index is 741. The van der Waals surface area contributed by atoms with Crippen LogP contribution in [0.3, 0.4) is 0 Å². The summed E-state index contributed by atoms with van der Waals surface area (Å²) in [6.07, 6.45) is 5.39. The van der Waals surface area contributed by atoms with E-state index in [4.69, 9.17) is 4.74 Å². The number of carbonyl (C=O) groups excluding carboxylic acids is 1. The largest absolute Gasteiger partial charge is 0.494 e. The van der Waals surface area contributed by atoms with Crippen molar-refractivity contribution < 1.29 is 9.53 Å². The second-order valence-corrected chi connectivity index (χ2v) is 7.10. The summed E-state index contributed by atoms with van der Waals surface area (Å²) in [5.41, 5.74) is 1.40. The lowest BCUT2D eigenvalue weighted by molar-refractivity contribution is 0.0985. The van der Waals surface area contributed by atoms with Crippen LogP contribution in [-0.2, 0) is 5.54 Å². The number of ether oxygens (including phenoxy) is 1. The first-order valence-electron chi connectivity index (χ1n) is 8.06. The monoisotopic (exact) mass is 329 g/mol. The normalized spacial score (nSPS) is 14.5. The van der Waals surface area contributed by atoms with Crippen molar-refractivity contribution in [1.82, 2.24) is 19.7 Å². The number of hydrogen-bond donors (Lipinski definition) is 0. The van der Waals surface area contributed by atoms with E-state index in [-0.39, 0.29) is 11.4 Å². The van der Waals surface area contributed by atoms with Crippen LogP contribution in [0.2, 0.25) is 0 Å². The molecule has 2 aromatic heterocycles. The quantitative estimate of drug-likeness (QED) is 0.862. The van der Waals surface area contributed by atoms with Crippen molar-refractivity contribution >= 4 is 11.9 Å². The van der Waals surface area contributed by atoms with E-state index in [9.17, 15) is 4.79 Å². The van der Waals surface area contributed by atoms with Gasteiger partial charge in [-0.15, -0.1) is 0 Å². The highest BCUT2D eigenvalue weighted by molar-refractivity contribution is 6.03. The van der Waals surface area contributed by atoms with Crippen molar-refractivity contribution in [3.63, 3.8) is 0 Å². The lowest BCUT2D eigenvalue weighted by atomic mass is 10.1. The topological polar surface area (TPSA) is 73.1 Å². The molecule has 128 valence electrons. The average molecular weight is 329 g/mol. The van der Waals surface area contributed by atoms with Crippen LogP contribution in [0.1, 0.15) is 55.7 Å². The molecule has 24 heavy (non-hydrogen) atoms. The smallest absolute Gasteiger partial charge is 0.280 e. The van der Waals surface area contributed by atoms with Gasteiger partial charge in [-0.3, -0.25) is 14.4 Å². The maximum atomic E-state index is 12.8. The summed E-state index contributed by atoms with van der Waals surface area (Å²) in [6.45, 7) is 6.28. The number of nitrogens with zero attached hydrogens (tertiary/aromatic N) is 5. The van der Waals surface area contributed by atoms with Gasteiger partial charge < -0.3 is 4.74 Å². The molecular formula is C17H23N5O2. The zero-order valence-electron chi connectivity index (χ0n) is 14.8. The standard InChI is InChI=1S/C17H23N5O2/c1-17(2,3)22-14(11-6-7-11)8-13(20-22)15(23)21(4)16-18-9-12(24-5)10-19-16/h8-11H,6-7H2,1-5H3. The van der Waals surface area contributed by atoms with Gasteiger partial charge in [-0.2, -0.15) is 5.10 Å². The Labute approximate surface area is 141 Å². The molecule has 7 nitrogen and oxygen atoms in total. The van der Waals surface area contributed by atoms with E-state index >= 15 is 0 Å². The molecule has 1 amide bonds. The summed E-state index contributed by atoms with van der Waals surface area (Å²) in [7, 11) is 3.20. The first-order valence-corrected chi connectivity index (χ1v) is 8.06. The lowest BCUT2D eigenvalue weighted by Crippen LogP contribution is -2.29. The van der Waals surface area contributed by atoms with Gasteiger partial charge in [-0.25, -0.2) is 9.97 Å². The molecule has 0 bridgehead atoms. The van der Waals surface area contributed by atoms with Crippen molar-refractivity contribution in [3.05, 3.63) is 29.8 Å². The molecule has 0 saturated heterocycles. The summed E-state index contributed by atoms with van der Waals surface area (Å²) in [5, 5.41) is 4.57. The van der Waals surface area contributed by atoms with Gasteiger partial charge in [0.2, 0.25) is 5.95 Å². The van der Waals surface area contributed by atoms with E-state index in [1.165, 1.54) is 17.3 Å². The average Bonchev–Trinajstić information content (AvgIpc) is 3.30. The van der Waals surface area contributed by atoms with Crippen LogP contribution in [-0.4, -0.2) is 39.8 Å². The van der Waals surface area contributed by atoms with Crippen LogP contribution < -0.4 is 9.64 Å². The van der Waals surface area contributed by atoms with Crippen LogP contribution in [0.5, 0.6) is 5.75 Å². The molecule has 1 saturated carbocycles. The van der Waals surface area contributed by atoms with Gasteiger partial charge in [0.25, 0.3) is 5.91 Å². The zero-order valence-corrected chi connectivity index (χ0v) is 14.8. The molecule has 3 rings (SSSR count). The molecule has 1 aliphatic carbocycles. The molecule has 1 aliphatic rings. The molecular weight excluding hydrogens is 306 g/mol. The second kappa shape index (κ2) is 5.89. The van der Waals surface area contributed by atoms with E-state index in [2.05, 4.69) is 35.8 Å². The molecule has 2 heterocycles. The maximum Gasteiger partial charge on any atom is 0.280 e. The van der Waals surface area contributed by atoms with Crippen molar-refractivity contribution in [2.45, 2.75) is 45.1 Å². The minimum Gasteiger partial charge on any atom is -0.494 e. The van der Waals surface area contributed by atoms with Crippen LogP contribution in [0, 0.1) is 0 Å².